The average molecular weight is 536 g/mol. The van der Waals surface area contributed by atoms with Crippen LogP contribution < -0.4 is 5.14 Å². The maximum atomic E-state index is 11.6. The van der Waals surface area contributed by atoms with Crippen LogP contribution >= 0.6 is 0 Å². The van der Waals surface area contributed by atoms with Crippen molar-refractivity contribution in [3.63, 3.8) is 0 Å². The topological polar surface area (TPSA) is 138 Å². The molecule has 0 atom stereocenters. The SMILES string of the molecule is NS(=O)(=O)c1ccc(-c2oc(CCOCc3cncc(C4(O)CCOCC4)c3)nc2-c2ccccc2)cc1. The molecule has 1 aliphatic rings. The van der Waals surface area contributed by atoms with Crippen molar-refractivity contribution in [1.29, 1.82) is 0 Å². The number of hydrogen-bond acceptors (Lipinski definition) is 8. The summed E-state index contributed by atoms with van der Waals surface area (Å²) in [4.78, 5) is 9.02. The minimum Gasteiger partial charge on any atom is -0.440 e. The van der Waals surface area contributed by atoms with Crippen LogP contribution in [0.1, 0.15) is 29.9 Å². The minimum atomic E-state index is -3.80. The largest absolute Gasteiger partial charge is 0.440 e. The summed E-state index contributed by atoms with van der Waals surface area (Å²) < 4.78 is 40.7. The number of nitrogens with two attached hydrogens (primary N) is 1. The van der Waals surface area contributed by atoms with E-state index in [-0.39, 0.29) is 4.90 Å². The van der Waals surface area contributed by atoms with Crippen LogP contribution in [-0.4, -0.2) is 43.3 Å². The van der Waals surface area contributed by atoms with Gasteiger partial charge in [-0.05, 0) is 35.9 Å². The molecule has 10 heteroatoms. The quantitative estimate of drug-likeness (QED) is 0.309. The van der Waals surface area contributed by atoms with Gasteiger partial charge in [0.05, 0.1) is 23.7 Å². The van der Waals surface area contributed by atoms with E-state index in [1.54, 1.807) is 24.5 Å². The Bertz CT molecular complexity index is 1480. The Morgan fingerprint density at radius 1 is 1.00 bits per heavy atom. The number of rotatable bonds is 9. The third kappa shape index (κ3) is 6.01. The molecule has 0 aliphatic carbocycles. The second kappa shape index (κ2) is 11.1. The molecule has 1 saturated heterocycles. The lowest BCUT2D eigenvalue weighted by Gasteiger charge is -2.32. The zero-order valence-corrected chi connectivity index (χ0v) is 21.6. The zero-order valence-electron chi connectivity index (χ0n) is 20.7. The number of aliphatic hydroxyl groups is 1. The lowest BCUT2D eigenvalue weighted by atomic mass is 9.87. The molecular formula is C28H29N3O6S. The van der Waals surface area contributed by atoms with E-state index >= 15 is 0 Å². The molecule has 3 heterocycles. The van der Waals surface area contributed by atoms with E-state index in [0.29, 0.717) is 68.6 Å². The molecule has 3 N–H and O–H groups in total. The molecule has 9 nitrogen and oxygen atoms in total. The minimum absolute atomic E-state index is 0.0261. The fourth-order valence-corrected chi connectivity index (χ4v) is 4.94. The van der Waals surface area contributed by atoms with Gasteiger partial charge in [-0.3, -0.25) is 4.98 Å². The summed E-state index contributed by atoms with van der Waals surface area (Å²) in [5.41, 5.74) is 2.95. The highest BCUT2D eigenvalue weighted by atomic mass is 32.2. The van der Waals surface area contributed by atoms with Crippen molar-refractivity contribution in [3.8, 4) is 22.6 Å². The van der Waals surface area contributed by atoms with Crippen molar-refractivity contribution in [2.24, 2.45) is 5.14 Å². The van der Waals surface area contributed by atoms with Crippen molar-refractivity contribution in [1.82, 2.24) is 9.97 Å². The molecule has 0 saturated carbocycles. The Morgan fingerprint density at radius 3 is 2.45 bits per heavy atom. The Labute approximate surface area is 221 Å². The summed E-state index contributed by atoms with van der Waals surface area (Å²) in [6.45, 7) is 1.75. The summed E-state index contributed by atoms with van der Waals surface area (Å²) in [6, 6.07) is 17.8. The van der Waals surface area contributed by atoms with E-state index in [1.807, 2.05) is 36.4 Å². The highest BCUT2D eigenvalue weighted by molar-refractivity contribution is 7.89. The van der Waals surface area contributed by atoms with E-state index in [0.717, 1.165) is 16.7 Å². The molecule has 38 heavy (non-hydrogen) atoms. The van der Waals surface area contributed by atoms with Gasteiger partial charge >= 0.3 is 0 Å². The van der Waals surface area contributed by atoms with Gasteiger partial charge in [-0.15, -0.1) is 0 Å². The maximum absolute atomic E-state index is 11.6. The van der Waals surface area contributed by atoms with Gasteiger partial charge in [-0.25, -0.2) is 18.5 Å². The number of pyridine rings is 1. The number of aromatic nitrogens is 2. The molecule has 0 spiro atoms. The second-order valence-corrected chi connectivity index (χ2v) is 10.8. The van der Waals surface area contributed by atoms with Gasteiger partial charge in [0.15, 0.2) is 11.7 Å². The van der Waals surface area contributed by atoms with Gasteiger partial charge in [0, 0.05) is 61.6 Å². The van der Waals surface area contributed by atoms with Gasteiger partial charge in [-0.2, -0.15) is 0 Å². The van der Waals surface area contributed by atoms with Crippen molar-refractivity contribution in [2.45, 2.75) is 36.4 Å². The van der Waals surface area contributed by atoms with Crippen LogP contribution in [0.25, 0.3) is 22.6 Å². The van der Waals surface area contributed by atoms with Crippen LogP contribution in [0.4, 0.5) is 0 Å². The number of oxazole rings is 1. The van der Waals surface area contributed by atoms with E-state index in [9.17, 15) is 13.5 Å². The first-order chi connectivity index (χ1) is 18.3. The second-order valence-electron chi connectivity index (χ2n) is 9.25. The van der Waals surface area contributed by atoms with Crippen LogP contribution in [0.5, 0.6) is 0 Å². The molecule has 0 bridgehead atoms. The molecule has 1 aliphatic heterocycles. The lowest BCUT2D eigenvalue weighted by molar-refractivity contribution is -0.0682. The number of nitrogens with zero attached hydrogens (tertiary/aromatic N) is 2. The fraction of sp³-hybridized carbons (Fsp3) is 0.286. The predicted molar refractivity (Wildman–Crippen MR) is 140 cm³/mol. The Kier molecular flexibility index (Phi) is 7.68. The van der Waals surface area contributed by atoms with E-state index < -0.39 is 15.6 Å². The first-order valence-corrected chi connectivity index (χ1v) is 13.9. The molecular weight excluding hydrogens is 506 g/mol. The lowest BCUT2D eigenvalue weighted by Crippen LogP contribution is -2.33. The van der Waals surface area contributed by atoms with Crippen LogP contribution in [0.3, 0.4) is 0 Å². The van der Waals surface area contributed by atoms with Crippen molar-refractivity contribution >= 4 is 10.0 Å². The Morgan fingerprint density at radius 2 is 1.74 bits per heavy atom. The van der Waals surface area contributed by atoms with E-state index in [1.165, 1.54) is 12.1 Å². The fourth-order valence-electron chi connectivity index (χ4n) is 4.42. The Balaban J connectivity index is 1.28. The molecule has 2 aromatic heterocycles. The highest BCUT2D eigenvalue weighted by Gasteiger charge is 2.32. The van der Waals surface area contributed by atoms with Crippen molar-refractivity contribution < 1.29 is 27.4 Å². The normalized spacial score (nSPS) is 15.4. The summed E-state index contributed by atoms with van der Waals surface area (Å²) in [5.74, 6) is 1.03. The van der Waals surface area contributed by atoms with Gasteiger partial charge in [0.25, 0.3) is 0 Å². The standard InChI is InChI=1S/C28H29N3O6S/c29-38(33,34)24-8-6-22(7-9-24)27-26(21-4-2-1-3-5-21)31-25(37-27)10-13-36-19-20-16-23(18-30-17-20)28(32)11-14-35-15-12-28/h1-9,16-18,32H,10-15,19H2,(H2,29,33,34). The molecule has 198 valence electrons. The third-order valence-electron chi connectivity index (χ3n) is 6.54. The van der Waals surface area contributed by atoms with Gasteiger partial charge < -0.3 is 19.0 Å². The predicted octanol–water partition coefficient (Wildman–Crippen LogP) is 3.81. The van der Waals surface area contributed by atoms with Crippen LogP contribution in [0.15, 0.2) is 82.4 Å². The maximum Gasteiger partial charge on any atom is 0.238 e. The highest BCUT2D eigenvalue weighted by Crippen LogP contribution is 2.34. The number of ether oxygens (including phenoxy) is 2. The Hall–Kier alpha value is -3.41. The third-order valence-corrected chi connectivity index (χ3v) is 7.47. The molecule has 4 aromatic rings. The molecule has 0 amide bonds. The van der Waals surface area contributed by atoms with Gasteiger partial charge in [-0.1, -0.05) is 30.3 Å². The number of primary sulfonamides is 1. The van der Waals surface area contributed by atoms with Crippen LogP contribution in [0.2, 0.25) is 0 Å². The number of hydrogen-bond donors (Lipinski definition) is 2. The molecule has 1 fully saturated rings. The van der Waals surface area contributed by atoms with E-state index in [2.05, 4.69) is 4.98 Å². The summed E-state index contributed by atoms with van der Waals surface area (Å²) in [6.07, 6.45) is 4.95. The summed E-state index contributed by atoms with van der Waals surface area (Å²) in [7, 11) is -3.80. The molecule has 2 aromatic carbocycles. The monoisotopic (exact) mass is 535 g/mol. The summed E-state index contributed by atoms with van der Waals surface area (Å²) >= 11 is 0. The van der Waals surface area contributed by atoms with Crippen molar-refractivity contribution in [3.05, 3.63) is 90.1 Å². The van der Waals surface area contributed by atoms with Gasteiger partial charge in [0.1, 0.15) is 5.69 Å². The zero-order chi connectivity index (χ0) is 26.6. The first-order valence-electron chi connectivity index (χ1n) is 12.3. The van der Waals surface area contributed by atoms with Crippen LogP contribution in [0, 0.1) is 0 Å². The summed E-state index contributed by atoms with van der Waals surface area (Å²) in [5, 5.41) is 16.2. The molecule has 5 rings (SSSR count). The average Bonchev–Trinajstić information content (AvgIpc) is 3.36. The molecule has 0 radical (unpaired) electrons. The van der Waals surface area contributed by atoms with Crippen LogP contribution in [-0.2, 0) is 38.1 Å². The molecule has 0 unspecified atom stereocenters. The number of sulfonamides is 1. The number of benzene rings is 2. The first kappa shape index (κ1) is 26.2. The van der Waals surface area contributed by atoms with Crippen molar-refractivity contribution in [2.75, 3.05) is 19.8 Å². The smallest absolute Gasteiger partial charge is 0.238 e. The van der Waals surface area contributed by atoms with E-state index in [4.69, 9.17) is 24.0 Å². The van der Waals surface area contributed by atoms with Gasteiger partial charge in [0.2, 0.25) is 10.0 Å².